The van der Waals surface area contributed by atoms with E-state index < -0.39 is 217 Å². The Morgan fingerprint density at radius 3 is 1.04 bits per heavy atom. The van der Waals surface area contributed by atoms with Crippen molar-refractivity contribution in [3.05, 3.63) is 0 Å². The number of nitrogens with one attached hydrogen (secondary N) is 10. The third-order valence-corrected chi connectivity index (χ3v) is 12.8. The van der Waals surface area contributed by atoms with Gasteiger partial charge in [0.2, 0.25) is 76.8 Å². The van der Waals surface area contributed by atoms with Gasteiger partial charge in [-0.2, -0.15) is 25.3 Å². The molecule has 23 N–H and O–H groups in total. The lowest BCUT2D eigenvalue weighted by atomic mass is 9.97. The van der Waals surface area contributed by atoms with Gasteiger partial charge in [0.25, 0.3) is 0 Å². The van der Waals surface area contributed by atoms with E-state index >= 15 is 0 Å². The number of carboxylic acid groups (broad SMARTS) is 2. The van der Waals surface area contributed by atoms with Gasteiger partial charge in [0.05, 0.1) is 50.5 Å². The molecule has 0 heterocycles. The molecule has 15 atom stereocenters. The van der Waals surface area contributed by atoms with Crippen molar-refractivity contribution in [3.8, 4) is 0 Å². The minimum atomic E-state index is -2.07. The summed E-state index contributed by atoms with van der Waals surface area (Å²) in [7, 11) is 0. The van der Waals surface area contributed by atoms with Gasteiger partial charge >= 0.3 is 11.9 Å². The number of amides is 13. The van der Waals surface area contributed by atoms with E-state index in [9.17, 15) is 97.5 Å². The van der Waals surface area contributed by atoms with Gasteiger partial charge in [-0.15, -0.1) is 0 Å². The Morgan fingerprint density at radius 1 is 0.395 bits per heavy atom. The number of aliphatic hydroxyl groups excluding tert-OH is 3. The largest absolute Gasteiger partial charge is 0.481 e. The molecule has 458 valence electrons. The first-order valence-electron chi connectivity index (χ1n) is 24.9. The van der Waals surface area contributed by atoms with Crippen molar-refractivity contribution in [2.45, 2.75) is 159 Å². The maximum absolute atomic E-state index is 13.6. The van der Waals surface area contributed by atoms with Crippen LogP contribution in [0.15, 0.2) is 0 Å². The molecule has 0 unspecified atom stereocenters. The van der Waals surface area contributed by atoms with E-state index in [1.807, 2.05) is 16.0 Å². The molecule has 0 rings (SSSR count). The molecule has 0 aromatic rings. The fraction of sp³-hybridized carbons (Fsp3) is 0.667. The molecule has 0 aromatic carbocycles. The van der Waals surface area contributed by atoms with Crippen LogP contribution in [0.3, 0.4) is 0 Å². The lowest BCUT2D eigenvalue weighted by Crippen LogP contribution is -2.63. The zero-order chi connectivity index (χ0) is 62.8. The third kappa shape index (κ3) is 25.7. The first-order valence-corrected chi connectivity index (χ1v) is 26.1. The number of carbonyl (C=O) groups excluding carboxylic acids is 13. The number of rotatable bonds is 38. The molecule has 0 aliphatic heterocycles. The summed E-state index contributed by atoms with van der Waals surface area (Å²) in [6.07, 6.45) is -6.63. The summed E-state index contributed by atoms with van der Waals surface area (Å²) < 4.78 is 0. The summed E-state index contributed by atoms with van der Waals surface area (Å²) in [4.78, 5) is 193. The lowest BCUT2D eigenvalue weighted by Gasteiger charge is -2.29. The van der Waals surface area contributed by atoms with Crippen molar-refractivity contribution in [2.75, 3.05) is 18.1 Å². The Hall–Kier alpha value is -7.41. The summed E-state index contributed by atoms with van der Waals surface area (Å²) in [5.41, 5.74) is 21.6. The highest BCUT2D eigenvalue weighted by molar-refractivity contribution is 7.80. The molecule has 0 aromatic heterocycles. The monoisotopic (exact) mass is 1200 g/mol. The van der Waals surface area contributed by atoms with Crippen LogP contribution in [-0.2, 0) is 71.9 Å². The summed E-state index contributed by atoms with van der Waals surface area (Å²) in [5.74, 6) is -21.5. The molecule has 13 amide bonds. The number of aliphatic carboxylic acids is 2. The highest BCUT2D eigenvalue weighted by Gasteiger charge is 2.39. The van der Waals surface area contributed by atoms with Crippen LogP contribution in [0.25, 0.3) is 0 Å². The van der Waals surface area contributed by atoms with Gasteiger partial charge in [0, 0.05) is 11.5 Å². The van der Waals surface area contributed by atoms with Gasteiger partial charge in [-0.05, 0) is 25.7 Å². The van der Waals surface area contributed by atoms with Gasteiger partial charge in [0.15, 0.2) is 0 Å². The predicted octanol–water partition coefficient (Wildman–Crippen LogP) is -9.95. The van der Waals surface area contributed by atoms with Crippen LogP contribution < -0.4 is 76.1 Å². The van der Waals surface area contributed by atoms with E-state index in [0.29, 0.717) is 6.42 Å². The van der Waals surface area contributed by atoms with E-state index in [-0.39, 0.29) is 12.3 Å². The van der Waals surface area contributed by atoms with Crippen LogP contribution >= 0.6 is 25.3 Å². The average Bonchev–Trinajstić information content (AvgIpc) is 3.38. The van der Waals surface area contributed by atoms with Crippen molar-refractivity contribution in [2.24, 2.45) is 34.8 Å². The standard InChI is InChI=1S/C45H76N14O20S2/c1-7-16(3)31(49)41(74)59-33(18(5)61)43(76)52-22(12-30(66)67)37(70)55-25(14-80)39(72)54-24(13-60)38(71)51-20(9-27(46)63)35(68)50-21(10-28(47)64)36(69)56-26(15-81)40(73)58-34(19(6)62)44(77)57-32(17(4)8-2)42(75)53-23(45(78)79)11-29(48)65/h16-26,31-34,60-62,80-81H,7-15,49H2,1-6H3,(H2,46,63)(H2,47,64)(H2,48,65)(H,50,68)(H,51,71)(H,52,76)(H,53,75)(H,54,72)(H,55,70)(H,56,69)(H,57,77)(H,58,73)(H,59,74)(H,66,67)(H,78,79)/t16-,17-,18+,19+,20-,21-,22-,23-,24-,25-,26-,31-,32-,33-,34-/m0/s1. The smallest absolute Gasteiger partial charge is 0.326 e. The van der Waals surface area contributed by atoms with Gasteiger partial charge < -0.3 is 102 Å². The van der Waals surface area contributed by atoms with Crippen molar-refractivity contribution in [1.82, 2.24) is 53.2 Å². The fourth-order valence-electron chi connectivity index (χ4n) is 6.84. The van der Waals surface area contributed by atoms with Crippen molar-refractivity contribution >= 4 is 114 Å². The molecule has 0 aliphatic rings. The van der Waals surface area contributed by atoms with Gasteiger partial charge in [-0.3, -0.25) is 67.1 Å². The van der Waals surface area contributed by atoms with Crippen LogP contribution in [0.1, 0.15) is 80.1 Å². The number of carbonyl (C=O) groups is 15. The van der Waals surface area contributed by atoms with Crippen LogP contribution in [0.5, 0.6) is 0 Å². The number of thiol groups is 2. The summed E-state index contributed by atoms with van der Waals surface area (Å²) in [6, 6.07) is -19.7. The average molecular weight is 1200 g/mol. The Bertz CT molecular complexity index is 2300. The van der Waals surface area contributed by atoms with Crippen molar-refractivity contribution in [1.29, 1.82) is 0 Å². The minimum Gasteiger partial charge on any atom is -0.481 e. The lowest BCUT2D eigenvalue weighted by molar-refractivity contribution is -0.144. The highest BCUT2D eigenvalue weighted by Crippen LogP contribution is 2.12. The summed E-state index contributed by atoms with van der Waals surface area (Å²) in [6.45, 7) is 7.41. The van der Waals surface area contributed by atoms with E-state index in [0.717, 1.165) is 13.8 Å². The minimum absolute atomic E-state index is 0.215. The molecule has 0 saturated carbocycles. The van der Waals surface area contributed by atoms with E-state index in [4.69, 9.17) is 22.9 Å². The normalized spacial score (nSPS) is 16.6. The number of nitrogens with two attached hydrogens (primary N) is 4. The zero-order valence-electron chi connectivity index (χ0n) is 45.1. The Morgan fingerprint density at radius 2 is 0.679 bits per heavy atom. The molecule has 81 heavy (non-hydrogen) atoms. The van der Waals surface area contributed by atoms with E-state index in [1.165, 1.54) is 6.92 Å². The number of carboxylic acids is 2. The Balaban J connectivity index is 6.39. The third-order valence-electron chi connectivity index (χ3n) is 12.0. The van der Waals surface area contributed by atoms with E-state index in [2.05, 4.69) is 62.5 Å². The summed E-state index contributed by atoms with van der Waals surface area (Å²) in [5, 5.41) is 71.1. The number of hydrogen-bond donors (Lipinski definition) is 21. The van der Waals surface area contributed by atoms with Gasteiger partial charge in [0.1, 0.15) is 60.4 Å². The molecule has 0 saturated heterocycles. The quantitative estimate of drug-likeness (QED) is 0.0255. The predicted molar refractivity (Wildman–Crippen MR) is 286 cm³/mol. The van der Waals surface area contributed by atoms with Crippen LogP contribution in [0, 0.1) is 11.8 Å². The highest BCUT2D eigenvalue weighted by atomic mass is 32.1. The zero-order valence-corrected chi connectivity index (χ0v) is 46.9. The van der Waals surface area contributed by atoms with Crippen molar-refractivity contribution in [3.63, 3.8) is 0 Å². The molecule has 0 fully saturated rings. The molecule has 0 bridgehead atoms. The van der Waals surface area contributed by atoms with E-state index in [1.54, 1.807) is 20.8 Å². The molecule has 0 aliphatic carbocycles. The maximum Gasteiger partial charge on any atom is 0.326 e. The second-order valence-corrected chi connectivity index (χ2v) is 19.4. The second-order valence-electron chi connectivity index (χ2n) is 18.7. The molecule has 34 nitrogen and oxygen atoms in total. The SMILES string of the molecule is CC[C@H](C)[C@H](N)C(=O)N[C@H](C(=O)N[C@@H](CC(=O)O)C(=O)N[C@@H](CS)C(=O)N[C@@H](CO)C(=O)N[C@@H](CC(N)=O)C(=O)N[C@@H](CC(N)=O)C(=O)N[C@@H](CS)C(=O)N[C@H](C(=O)N[C@H](C(=O)N[C@@H](CC(N)=O)C(=O)O)[C@@H](C)CC)[C@@H](C)O)[C@@H](C)O. The van der Waals surface area contributed by atoms with Gasteiger partial charge in [-0.25, -0.2) is 4.79 Å². The fourth-order valence-corrected chi connectivity index (χ4v) is 7.36. The molecule has 36 heteroatoms. The first-order chi connectivity index (χ1) is 37.6. The first kappa shape index (κ1) is 73.6. The van der Waals surface area contributed by atoms with Gasteiger partial charge in [-0.1, -0.05) is 40.5 Å². The number of hydrogen-bond acceptors (Lipinski definition) is 21. The second kappa shape index (κ2) is 36.0. The molecule has 0 spiro atoms. The molecular formula is C45H76N14O20S2. The molecular weight excluding hydrogens is 1120 g/mol. The Kier molecular flexibility index (Phi) is 32.8. The Labute approximate surface area is 474 Å². The topological polar surface area (TPSA) is 582 Å². The van der Waals surface area contributed by atoms with Crippen molar-refractivity contribution < 1.29 is 97.5 Å². The summed E-state index contributed by atoms with van der Waals surface area (Å²) >= 11 is 8.03. The van der Waals surface area contributed by atoms with Crippen LogP contribution in [0.4, 0.5) is 0 Å². The van der Waals surface area contributed by atoms with Crippen LogP contribution in [0.2, 0.25) is 0 Å². The molecule has 0 radical (unpaired) electrons. The maximum atomic E-state index is 13.6. The number of aliphatic hydroxyl groups is 3. The van der Waals surface area contributed by atoms with Crippen LogP contribution in [-0.4, -0.2) is 211 Å². The number of primary amides is 3.